The molecule has 2 radical (unpaired) electrons. The van der Waals surface area contributed by atoms with Gasteiger partial charge in [-0.05, 0) is 101 Å². The van der Waals surface area contributed by atoms with Crippen molar-refractivity contribution in [3.05, 3.63) is 193 Å². The minimum atomic E-state index is -4.46. The molecule has 5 heterocycles. The van der Waals surface area contributed by atoms with Gasteiger partial charge in [-0.15, -0.1) is 0 Å². The van der Waals surface area contributed by atoms with E-state index in [1.165, 1.54) is 80.0 Å². The number of fused-ring (bicyclic) bond motifs is 2. The summed E-state index contributed by atoms with van der Waals surface area (Å²) in [5, 5.41) is 10.9. The van der Waals surface area contributed by atoms with Crippen molar-refractivity contribution < 1.29 is 45.8 Å². The molecule has 3 fully saturated rings. The summed E-state index contributed by atoms with van der Waals surface area (Å²) in [7, 11) is 3.72. The second-order valence-corrected chi connectivity index (χ2v) is 26.1. The molecule has 30 heteroatoms. The number of anilines is 1. The molecule has 434 valence electrons. The molecule has 2 aliphatic carbocycles. The Hall–Kier alpha value is -7.38. The van der Waals surface area contributed by atoms with Crippen LogP contribution in [0.1, 0.15) is 61.7 Å². The van der Waals surface area contributed by atoms with Crippen LogP contribution < -0.4 is 47.7 Å². The monoisotopic (exact) mass is 1320 g/mol. The van der Waals surface area contributed by atoms with Crippen molar-refractivity contribution in [1.29, 1.82) is 0 Å². The number of non-ortho nitro benzene ring substituents is 1. The molecular weight excluding hydrogens is 1260 g/mol. The van der Waals surface area contributed by atoms with Crippen molar-refractivity contribution in [2.75, 3.05) is 18.9 Å². The second kappa shape index (κ2) is 26.2. The molecule has 6 N–H and O–H groups in total. The third kappa shape index (κ3) is 13.6. The van der Waals surface area contributed by atoms with Gasteiger partial charge in [-0.3, -0.25) is 47.6 Å². The van der Waals surface area contributed by atoms with Crippen molar-refractivity contribution in [3.8, 4) is 22.9 Å². The average molecular weight is 1320 g/mol. The van der Waals surface area contributed by atoms with Gasteiger partial charge in [-0.1, -0.05) is 47.5 Å². The molecule has 0 spiro atoms. The molecule has 8 aromatic rings. The fourth-order valence-corrected chi connectivity index (χ4v) is 10.5. The normalized spacial score (nSPS) is 13.7. The van der Waals surface area contributed by atoms with Crippen LogP contribution in [-0.4, -0.2) is 92.2 Å². The van der Waals surface area contributed by atoms with Crippen LogP contribution in [0.15, 0.2) is 148 Å². The molecule has 0 atom stereocenters. The number of benzene rings is 4. The molecule has 11 rings (SSSR count). The first-order chi connectivity index (χ1) is 38.0. The number of nitrogens with two attached hydrogens (primary N) is 1. The molecule has 1 saturated heterocycles. The number of aryl methyl sites for hydroxylation is 4. The van der Waals surface area contributed by atoms with Gasteiger partial charge in [0.2, 0.25) is 0 Å². The van der Waals surface area contributed by atoms with Crippen LogP contribution in [0.2, 0.25) is 0 Å². The van der Waals surface area contributed by atoms with Gasteiger partial charge in [0.25, 0.3) is 27.9 Å². The predicted molar refractivity (Wildman–Crippen MR) is 308 cm³/mol. The van der Waals surface area contributed by atoms with E-state index in [1.54, 1.807) is 49.4 Å². The van der Waals surface area contributed by atoms with Crippen LogP contribution >= 0.6 is 17.8 Å². The average Bonchev–Trinajstić information content (AvgIpc) is 3.40. The number of nitrogens with zero attached hydrogens (tertiary/aromatic N) is 7. The molecule has 82 heavy (non-hydrogen) atoms. The Morgan fingerprint density at radius 1 is 0.610 bits per heavy atom. The molecule has 1 aliphatic heterocycles. The first-order valence-electron chi connectivity index (χ1n) is 24.5. The molecule has 0 bridgehead atoms. The summed E-state index contributed by atoms with van der Waals surface area (Å²) >= 11 is -0.826. The Balaban J connectivity index is 0.000000228. The fraction of sp³-hybridized carbons (Fsp3) is 0.269. The Morgan fingerprint density at radius 2 is 0.988 bits per heavy atom. The number of pyridine rings is 2. The Kier molecular flexibility index (Phi) is 20.4. The van der Waals surface area contributed by atoms with Crippen LogP contribution in [0.25, 0.3) is 33.4 Å². The van der Waals surface area contributed by atoms with Gasteiger partial charge >= 0.3 is 68.3 Å². The summed E-state index contributed by atoms with van der Waals surface area (Å²) in [5.41, 5.74) is 3.20. The summed E-state index contributed by atoms with van der Waals surface area (Å²) in [5.74, 6) is -0.988. The summed E-state index contributed by atoms with van der Waals surface area (Å²) in [6.45, 7) is 5.58. The van der Waals surface area contributed by atoms with Crippen molar-refractivity contribution in [2.24, 2.45) is 14.1 Å². The van der Waals surface area contributed by atoms with E-state index in [9.17, 15) is 55.7 Å². The second-order valence-electron chi connectivity index (χ2n) is 18.7. The molecule has 4 aromatic heterocycles. The third-order valence-electron chi connectivity index (χ3n) is 12.9. The van der Waals surface area contributed by atoms with Gasteiger partial charge in [0.1, 0.15) is 31.9 Å². The Bertz CT molecular complexity index is 4340. The van der Waals surface area contributed by atoms with Gasteiger partial charge in [-0.2, -0.15) is 16.8 Å². The number of hydrogen-bond donors (Lipinski definition) is 1. The number of nitrogen functional groups attached to an aromatic ring is 1. The number of nitro benzene ring substituents is 1. The molecule has 25 nitrogen and oxygen atoms in total. The zero-order valence-electron chi connectivity index (χ0n) is 44.1. The summed E-state index contributed by atoms with van der Waals surface area (Å²) < 4.78 is 74.2. The van der Waals surface area contributed by atoms with E-state index >= 15 is 0 Å². The zero-order valence-corrected chi connectivity index (χ0v) is 50.1. The van der Waals surface area contributed by atoms with Crippen molar-refractivity contribution >= 4 is 90.4 Å². The molecule has 0 amide bonds. The number of halogens is 2. The molecule has 4 aromatic carbocycles. The quantitative estimate of drug-likeness (QED) is 0.0624. The Morgan fingerprint density at radius 3 is 1.33 bits per heavy atom. The molecule has 2 saturated carbocycles. The molecular formula is C52H54Cl2N8O17S2Sn. The number of aromatic nitrogens is 6. The van der Waals surface area contributed by atoms with Gasteiger partial charge in [0.15, 0.2) is 11.5 Å². The summed E-state index contributed by atoms with van der Waals surface area (Å²) in [6.07, 6.45) is 4.89. The summed E-state index contributed by atoms with van der Waals surface area (Å²) in [4.78, 5) is 90.4. The number of ether oxygens (including phenoxy) is 1. The first kappa shape index (κ1) is 63.8. The van der Waals surface area contributed by atoms with Crippen LogP contribution in [0.4, 0.5) is 11.4 Å². The van der Waals surface area contributed by atoms with E-state index in [1.807, 2.05) is 6.92 Å². The first-order valence-corrected chi connectivity index (χ1v) is 34.5. The molecule has 3 aliphatic rings. The van der Waals surface area contributed by atoms with E-state index in [4.69, 9.17) is 36.7 Å². The Labute approximate surface area is 483 Å². The molecule has 0 unspecified atom stereocenters. The van der Waals surface area contributed by atoms with E-state index in [2.05, 4.69) is 0 Å². The standard InChI is InChI=1S/C24H20N4O8S.C24H22N4O6S.C4H8O.2ClH.2H2O.Sn/c1-14-6-10-18(11-7-14)37(34,35)36-19-13-20(29)25(2)22-21(19)23(30)27(15-8-9-15)24(31)26(22)16-4-3-5-17(12-16)28(32)33;1-14-6-10-18(11-7-14)35(32,33)34-19-13-20(29)26(2)22-21(19)23(30)28(16-8-9-16)24(31)27(22)17-5-3-4-15(25)12-17;1-2-4-5-3-1;;;;;/h3-7,10-13,15H,8-9H2,1-2H3;3-7,10-13,16H,8-9,25H2,1-2H3;1-4H2;2*1H;2*1H2;/q;;;;;;;+2/p-2. The zero-order chi connectivity index (χ0) is 58.0. The fourth-order valence-electron chi connectivity index (χ4n) is 8.63. The van der Waals surface area contributed by atoms with Crippen LogP contribution in [0, 0.1) is 24.0 Å². The maximum atomic E-state index is 13.6. The predicted octanol–water partition coefficient (Wildman–Crippen LogP) is 4.16. The SMILES string of the molecule is C1CCOC1.Cc1ccc(S(=O)(=O)Oc2cc(=O)n(C)c3c2c(=O)n(C2CC2)c(=O)n3-c2cccc(N)c2)cc1.Cc1ccc(S(=O)(=O)Oc2cc(=O)n(C)c3c2c(=O)n(C2CC2)c(=O)n3-c2cccc([N+](=O)[O-])c2)cc1.O.O.[Cl][Sn][Cl]. The maximum absolute atomic E-state index is 13.6. The van der Waals surface area contributed by atoms with Crippen molar-refractivity contribution in [1.82, 2.24) is 27.4 Å². The number of rotatable bonds is 11. The summed E-state index contributed by atoms with van der Waals surface area (Å²) in [6, 6.07) is 24.4. The van der Waals surface area contributed by atoms with Gasteiger partial charge in [0, 0.05) is 69.3 Å². The van der Waals surface area contributed by atoms with Crippen LogP contribution in [-0.2, 0) is 39.1 Å². The topological polar surface area (TPSA) is 360 Å². The van der Waals surface area contributed by atoms with Crippen molar-refractivity contribution in [3.63, 3.8) is 0 Å². The minimum absolute atomic E-state index is 0. The van der Waals surface area contributed by atoms with Gasteiger partial charge < -0.3 is 29.8 Å². The number of nitro groups is 1. The van der Waals surface area contributed by atoms with Crippen molar-refractivity contribution in [2.45, 2.75) is 74.2 Å². The van der Waals surface area contributed by atoms with E-state index < -0.39 is 95.2 Å². The van der Waals surface area contributed by atoms with E-state index in [0.29, 0.717) is 37.1 Å². The van der Waals surface area contributed by atoms with Gasteiger partial charge in [0.05, 0.1) is 16.3 Å². The third-order valence-corrected chi connectivity index (χ3v) is 15.4. The van der Waals surface area contributed by atoms with Crippen LogP contribution in [0.5, 0.6) is 11.5 Å². The van der Waals surface area contributed by atoms with E-state index in [0.717, 1.165) is 65.4 Å². The van der Waals surface area contributed by atoms with E-state index in [-0.39, 0.29) is 60.2 Å². The number of hydrogen-bond acceptors (Lipinski definition) is 16. The van der Waals surface area contributed by atoms with Crippen LogP contribution in [0.3, 0.4) is 0 Å². The van der Waals surface area contributed by atoms with Gasteiger partial charge in [-0.25, -0.2) is 18.7 Å².